The summed E-state index contributed by atoms with van der Waals surface area (Å²) in [6.45, 7) is 1.77. The second-order valence-electron chi connectivity index (χ2n) is 2.84. The summed E-state index contributed by atoms with van der Waals surface area (Å²) < 4.78 is 13.3. The normalized spacial score (nSPS) is 11.6. The lowest BCUT2D eigenvalue weighted by molar-refractivity contribution is 0.526. The molecule has 1 heterocycles. The minimum atomic E-state index is -0.287. The number of nitrogens with zero attached hydrogens (tertiary/aromatic N) is 1. The van der Waals surface area contributed by atoms with E-state index in [0.717, 1.165) is 0 Å². The van der Waals surface area contributed by atoms with Gasteiger partial charge in [0.05, 0.1) is 11.7 Å². The Morgan fingerprint density at radius 2 is 2.43 bits per heavy atom. The fraction of sp³-hybridized carbons (Fsp3) is 0.364. The van der Waals surface area contributed by atoms with Crippen LogP contribution in [0.2, 0.25) is 0 Å². The second-order valence-corrected chi connectivity index (χ2v) is 2.84. The largest absolute Gasteiger partial charge is 0.311 e. The molecule has 2 nitrogen and oxygen atoms in total. The lowest BCUT2D eigenvalue weighted by Gasteiger charge is -2.12. The SMILES string of the molecule is CC#CCC(NC)c1ncccc1F. The van der Waals surface area contributed by atoms with Gasteiger partial charge in [-0.3, -0.25) is 4.98 Å². The van der Waals surface area contributed by atoms with Crippen LogP contribution in [-0.4, -0.2) is 12.0 Å². The summed E-state index contributed by atoms with van der Waals surface area (Å²) in [4.78, 5) is 4.00. The van der Waals surface area contributed by atoms with Crippen LogP contribution in [0.3, 0.4) is 0 Å². The van der Waals surface area contributed by atoms with Gasteiger partial charge in [0.15, 0.2) is 0 Å². The Morgan fingerprint density at radius 3 is 3.00 bits per heavy atom. The van der Waals surface area contributed by atoms with Gasteiger partial charge < -0.3 is 5.32 Å². The van der Waals surface area contributed by atoms with Crippen LogP contribution in [0.15, 0.2) is 18.3 Å². The number of hydrogen-bond donors (Lipinski definition) is 1. The van der Waals surface area contributed by atoms with E-state index in [1.54, 1.807) is 26.2 Å². The lowest BCUT2D eigenvalue weighted by Crippen LogP contribution is -2.18. The van der Waals surface area contributed by atoms with Gasteiger partial charge in [0.1, 0.15) is 5.82 Å². The fourth-order valence-electron chi connectivity index (χ4n) is 1.19. The van der Waals surface area contributed by atoms with E-state index in [-0.39, 0.29) is 11.9 Å². The molecule has 74 valence electrons. The number of hydrogen-bond acceptors (Lipinski definition) is 2. The third kappa shape index (κ3) is 2.54. The Balaban J connectivity index is 2.87. The van der Waals surface area contributed by atoms with Gasteiger partial charge in [0.25, 0.3) is 0 Å². The number of aromatic nitrogens is 1. The second kappa shape index (κ2) is 5.36. The molecule has 1 aromatic rings. The molecule has 0 saturated heterocycles. The van der Waals surface area contributed by atoms with Gasteiger partial charge in [-0.2, -0.15) is 0 Å². The highest BCUT2D eigenvalue weighted by atomic mass is 19.1. The van der Waals surface area contributed by atoms with E-state index < -0.39 is 0 Å². The van der Waals surface area contributed by atoms with Gasteiger partial charge in [-0.05, 0) is 26.1 Å². The van der Waals surface area contributed by atoms with Crippen LogP contribution >= 0.6 is 0 Å². The maximum absolute atomic E-state index is 13.3. The molecule has 0 spiro atoms. The first-order valence-corrected chi connectivity index (χ1v) is 4.47. The van der Waals surface area contributed by atoms with Crippen molar-refractivity contribution in [1.82, 2.24) is 10.3 Å². The number of pyridine rings is 1. The minimum Gasteiger partial charge on any atom is -0.311 e. The van der Waals surface area contributed by atoms with Crippen molar-refractivity contribution in [2.45, 2.75) is 19.4 Å². The van der Waals surface area contributed by atoms with Crippen molar-refractivity contribution in [2.24, 2.45) is 0 Å². The third-order valence-electron chi connectivity index (χ3n) is 1.95. The highest BCUT2D eigenvalue weighted by Gasteiger charge is 2.13. The first-order chi connectivity index (χ1) is 6.79. The summed E-state index contributed by atoms with van der Waals surface area (Å²) in [6.07, 6.45) is 2.16. The van der Waals surface area contributed by atoms with Gasteiger partial charge in [-0.25, -0.2) is 4.39 Å². The van der Waals surface area contributed by atoms with Gasteiger partial charge in [0, 0.05) is 12.6 Å². The van der Waals surface area contributed by atoms with Gasteiger partial charge in [0.2, 0.25) is 0 Å². The average molecular weight is 192 g/mol. The molecule has 3 heteroatoms. The van der Waals surface area contributed by atoms with Crippen molar-refractivity contribution in [3.8, 4) is 11.8 Å². The predicted molar refractivity (Wildman–Crippen MR) is 54.1 cm³/mol. The minimum absolute atomic E-state index is 0.136. The van der Waals surface area contributed by atoms with E-state index in [2.05, 4.69) is 22.1 Å². The highest BCUT2D eigenvalue weighted by molar-refractivity contribution is 5.14. The van der Waals surface area contributed by atoms with Crippen molar-refractivity contribution < 1.29 is 4.39 Å². The maximum Gasteiger partial charge on any atom is 0.146 e. The summed E-state index contributed by atoms with van der Waals surface area (Å²) >= 11 is 0. The van der Waals surface area contributed by atoms with Crippen LogP contribution in [0, 0.1) is 17.7 Å². The monoisotopic (exact) mass is 192 g/mol. The van der Waals surface area contributed by atoms with Crippen molar-refractivity contribution in [1.29, 1.82) is 0 Å². The van der Waals surface area contributed by atoms with E-state index >= 15 is 0 Å². The first-order valence-electron chi connectivity index (χ1n) is 4.47. The molecule has 0 fully saturated rings. The third-order valence-corrected chi connectivity index (χ3v) is 1.95. The van der Waals surface area contributed by atoms with Crippen molar-refractivity contribution >= 4 is 0 Å². The quantitative estimate of drug-likeness (QED) is 0.740. The molecule has 0 aliphatic heterocycles. The molecule has 1 N–H and O–H groups in total. The van der Waals surface area contributed by atoms with E-state index in [4.69, 9.17) is 0 Å². The topological polar surface area (TPSA) is 24.9 Å². The van der Waals surface area contributed by atoms with E-state index in [1.807, 2.05) is 0 Å². The molecule has 0 amide bonds. The Hall–Kier alpha value is -1.40. The molecule has 1 atom stereocenters. The zero-order chi connectivity index (χ0) is 10.4. The zero-order valence-electron chi connectivity index (χ0n) is 8.34. The molecular weight excluding hydrogens is 179 g/mol. The molecule has 1 unspecified atom stereocenters. The van der Waals surface area contributed by atoms with Crippen LogP contribution < -0.4 is 5.32 Å². The number of nitrogens with one attached hydrogen (secondary N) is 1. The summed E-state index contributed by atoms with van der Waals surface area (Å²) in [5.74, 6) is 5.40. The first kappa shape index (κ1) is 10.7. The number of halogens is 1. The average Bonchev–Trinajstić information content (AvgIpc) is 2.21. The molecule has 0 radical (unpaired) electrons. The summed E-state index contributed by atoms with van der Waals surface area (Å²) in [5, 5.41) is 2.99. The molecule has 0 aromatic carbocycles. The van der Waals surface area contributed by atoms with E-state index in [1.165, 1.54) is 6.07 Å². The zero-order valence-corrected chi connectivity index (χ0v) is 8.34. The molecule has 1 aromatic heterocycles. The van der Waals surface area contributed by atoms with Gasteiger partial charge >= 0.3 is 0 Å². The summed E-state index contributed by atoms with van der Waals surface area (Å²) in [5.41, 5.74) is 0.428. The Bertz CT molecular complexity index is 352. The summed E-state index contributed by atoms with van der Waals surface area (Å²) in [7, 11) is 1.77. The van der Waals surface area contributed by atoms with E-state index in [0.29, 0.717) is 12.1 Å². The Kier molecular flexibility index (Phi) is 4.09. The van der Waals surface area contributed by atoms with Crippen LogP contribution in [0.25, 0.3) is 0 Å². The molecule has 1 rings (SSSR count). The van der Waals surface area contributed by atoms with Crippen LogP contribution in [0.4, 0.5) is 4.39 Å². The Morgan fingerprint density at radius 1 is 1.64 bits per heavy atom. The summed E-state index contributed by atoms with van der Waals surface area (Å²) in [6, 6.07) is 2.85. The van der Waals surface area contributed by atoms with Crippen molar-refractivity contribution in [3.05, 3.63) is 29.8 Å². The lowest BCUT2D eigenvalue weighted by atomic mass is 10.1. The standard InChI is InChI=1S/C11H13FN2/c1-3-4-7-10(13-2)11-9(12)6-5-8-14-11/h5-6,8,10,13H,7H2,1-2H3. The van der Waals surface area contributed by atoms with Gasteiger partial charge in [-0.1, -0.05) is 0 Å². The molecule has 0 aliphatic rings. The molecular formula is C11H13FN2. The van der Waals surface area contributed by atoms with E-state index in [9.17, 15) is 4.39 Å². The van der Waals surface area contributed by atoms with Crippen molar-refractivity contribution in [2.75, 3.05) is 7.05 Å². The van der Waals surface area contributed by atoms with Gasteiger partial charge in [-0.15, -0.1) is 11.8 Å². The highest BCUT2D eigenvalue weighted by Crippen LogP contribution is 2.16. The fourth-order valence-corrected chi connectivity index (χ4v) is 1.19. The Labute approximate surface area is 83.6 Å². The predicted octanol–water partition coefficient (Wildman–Crippen LogP) is 1.89. The van der Waals surface area contributed by atoms with Crippen LogP contribution in [0.1, 0.15) is 25.1 Å². The molecule has 14 heavy (non-hydrogen) atoms. The maximum atomic E-state index is 13.3. The number of rotatable bonds is 3. The molecule has 0 bridgehead atoms. The van der Waals surface area contributed by atoms with Crippen LogP contribution in [0.5, 0.6) is 0 Å². The molecule has 0 saturated carbocycles. The smallest absolute Gasteiger partial charge is 0.146 e. The molecule has 0 aliphatic carbocycles. The van der Waals surface area contributed by atoms with Crippen molar-refractivity contribution in [3.63, 3.8) is 0 Å². The van der Waals surface area contributed by atoms with Crippen LogP contribution in [-0.2, 0) is 0 Å².